The van der Waals surface area contributed by atoms with E-state index in [0.717, 1.165) is 29.2 Å². The van der Waals surface area contributed by atoms with Gasteiger partial charge in [0.1, 0.15) is 0 Å². The van der Waals surface area contributed by atoms with E-state index in [1.165, 1.54) is 25.7 Å². The number of nitrogens with zero attached hydrogens (tertiary/aromatic N) is 2. The number of hydrogen-bond acceptors (Lipinski definition) is 2. The predicted octanol–water partition coefficient (Wildman–Crippen LogP) is 6.52. The topological polar surface area (TPSA) is 24.7 Å². The Labute approximate surface area is 156 Å². The molecule has 3 heteroatoms. The second-order valence-electron chi connectivity index (χ2n) is 5.74. The first-order valence-corrected chi connectivity index (χ1v) is 8.53. The minimum Gasteiger partial charge on any atom is -0.252 e. The molecule has 0 N–H and O–H groups in total. The Balaban J connectivity index is 0.00000288. The van der Waals surface area contributed by atoms with Crippen molar-refractivity contribution in [3.8, 4) is 0 Å². The molecule has 0 spiro atoms. The van der Waals surface area contributed by atoms with Gasteiger partial charge in [0.25, 0.3) is 0 Å². The molecule has 2 aromatic carbocycles. The van der Waals surface area contributed by atoms with Crippen LogP contribution in [-0.4, -0.2) is 11.4 Å². The SMILES string of the molecule is CCCCCCC(=Nc1ccccc1)C(C)=Nc1ccccc1.[Ni]. The number of hydrogen-bond donors (Lipinski definition) is 0. The molecule has 0 aliphatic heterocycles. The van der Waals surface area contributed by atoms with Gasteiger partial charge in [0.05, 0.1) is 22.8 Å². The van der Waals surface area contributed by atoms with Crippen LogP contribution in [0.4, 0.5) is 11.4 Å². The molecule has 0 aliphatic rings. The summed E-state index contributed by atoms with van der Waals surface area (Å²) in [6.45, 7) is 4.30. The summed E-state index contributed by atoms with van der Waals surface area (Å²) < 4.78 is 0. The first kappa shape index (κ1) is 20.3. The molecule has 24 heavy (non-hydrogen) atoms. The van der Waals surface area contributed by atoms with Crippen molar-refractivity contribution in [1.29, 1.82) is 0 Å². The summed E-state index contributed by atoms with van der Waals surface area (Å²) in [5.41, 5.74) is 4.09. The zero-order valence-electron chi connectivity index (χ0n) is 14.5. The standard InChI is InChI=1S/C21H26N2.Ni/c1-3-4-5-12-17-21(23-20-15-10-7-11-16-20)18(2)22-19-13-8-6-9-14-19;/h6-11,13-16H,3-5,12,17H2,1-2H3;. The predicted molar refractivity (Wildman–Crippen MR) is 102 cm³/mol. The van der Waals surface area contributed by atoms with Gasteiger partial charge >= 0.3 is 0 Å². The molecule has 0 radical (unpaired) electrons. The van der Waals surface area contributed by atoms with Gasteiger partial charge in [-0.3, -0.25) is 9.98 Å². The Kier molecular flexibility index (Phi) is 9.95. The average molecular weight is 365 g/mol. The average Bonchev–Trinajstić information content (AvgIpc) is 2.59. The molecule has 0 saturated heterocycles. The van der Waals surface area contributed by atoms with E-state index in [4.69, 9.17) is 9.98 Å². The number of unbranched alkanes of at least 4 members (excludes halogenated alkanes) is 3. The molecule has 0 heterocycles. The Hall–Kier alpha value is -1.73. The second-order valence-corrected chi connectivity index (χ2v) is 5.74. The van der Waals surface area contributed by atoms with Gasteiger partial charge in [-0.2, -0.15) is 0 Å². The molecule has 0 fully saturated rings. The minimum atomic E-state index is 0. The number of rotatable bonds is 8. The normalized spacial score (nSPS) is 11.9. The molecular weight excluding hydrogens is 339 g/mol. The third-order valence-corrected chi connectivity index (χ3v) is 3.76. The van der Waals surface area contributed by atoms with E-state index in [0.29, 0.717) is 0 Å². The summed E-state index contributed by atoms with van der Waals surface area (Å²) in [6.07, 6.45) is 5.94. The maximum atomic E-state index is 4.84. The zero-order valence-corrected chi connectivity index (χ0v) is 15.5. The van der Waals surface area contributed by atoms with Crippen molar-refractivity contribution in [2.75, 3.05) is 0 Å². The zero-order chi connectivity index (χ0) is 16.3. The number of aliphatic imine (C=N–C) groups is 2. The molecule has 0 amide bonds. The molecule has 0 aromatic heterocycles. The Morgan fingerprint density at radius 3 is 1.83 bits per heavy atom. The fourth-order valence-corrected chi connectivity index (χ4v) is 2.46. The van der Waals surface area contributed by atoms with E-state index >= 15 is 0 Å². The summed E-state index contributed by atoms with van der Waals surface area (Å²) in [7, 11) is 0. The molecule has 2 aromatic rings. The number of benzene rings is 2. The smallest absolute Gasteiger partial charge is 0.0633 e. The van der Waals surface area contributed by atoms with Gasteiger partial charge in [-0.15, -0.1) is 0 Å². The third-order valence-electron chi connectivity index (χ3n) is 3.76. The summed E-state index contributed by atoms with van der Waals surface area (Å²) in [5.74, 6) is 0. The van der Waals surface area contributed by atoms with Gasteiger partial charge in [-0.05, 0) is 44.0 Å². The van der Waals surface area contributed by atoms with E-state index in [9.17, 15) is 0 Å². The van der Waals surface area contributed by atoms with E-state index in [2.05, 4.69) is 13.8 Å². The molecule has 0 unspecified atom stereocenters. The van der Waals surface area contributed by atoms with Crippen LogP contribution in [0.1, 0.15) is 46.0 Å². The molecule has 0 saturated carbocycles. The van der Waals surface area contributed by atoms with E-state index in [1.54, 1.807) is 0 Å². The first-order chi connectivity index (χ1) is 11.3. The van der Waals surface area contributed by atoms with Gasteiger partial charge in [-0.1, -0.05) is 62.6 Å². The Bertz CT molecular complexity index is 633. The van der Waals surface area contributed by atoms with Crippen molar-refractivity contribution in [1.82, 2.24) is 0 Å². The van der Waals surface area contributed by atoms with E-state index < -0.39 is 0 Å². The van der Waals surface area contributed by atoms with Crippen molar-refractivity contribution >= 4 is 22.8 Å². The maximum absolute atomic E-state index is 4.84. The van der Waals surface area contributed by atoms with Crippen LogP contribution in [0.25, 0.3) is 0 Å². The maximum Gasteiger partial charge on any atom is 0.0633 e. The van der Waals surface area contributed by atoms with Crippen LogP contribution in [0.5, 0.6) is 0 Å². The molecule has 0 atom stereocenters. The molecule has 0 aliphatic carbocycles. The van der Waals surface area contributed by atoms with Gasteiger partial charge in [-0.25, -0.2) is 0 Å². The molecule has 0 bridgehead atoms. The van der Waals surface area contributed by atoms with Crippen molar-refractivity contribution in [3.05, 3.63) is 60.7 Å². The van der Waals surface area contributed by atoms with Crippen LogP contribution in [0.15, 0.2) is 70.6 Å². The van der Waals surface area contributed by atoms with Gasteiger partial charge in [0.2, 0.25) is 0 Å². The summed E-state index contributed by atoms with van der Waals surface area (Å²) in [4.78, 5) is 9.58. The number of para-hydroxylation sites is 2. The minimum absolute atomic E-state index is 0. The molecular formula is C21H26N2Ni. The summed E-state index contributed by atoms with van der Waals surface area (Å²) >= 11 is 0. The summed E-state index contributed by atoms with van der Waals surface area (Å²) in [5, 5.41) is 0. The van der Waals surface area contributed by atoms with Crippen molar-refractivity contribution < 1.29 is 16.5 Å². The fourth-order valence-electron chi connectivity index (χ4n) is 2.46. The summed E-state index contributed by atoms with van der Waals surface area (Å²) in [6, 6.07) is 20.3. The van der Waals surface area contributed by atoms with Crippen LogP contribution < -0.4 is 0 Å². The second kappa shape index (κ2) is 11.8. The van der Waals surface area contributed by atoms with Crippen LogP contribution in [-0.2, 0) is 16.5 Å². The van der Waals surface area contributed by atoms with Crippen molar-refractivity contribution in [2.24, 2.45) is 9.98 Å². The van der Waals surface area contributed by atoms with Crippen LogP contribution in [0.2, 0.25) is 0 Å². The van der Waals surface area contributed by atoms with Crippen LogP contribution >= 0.6 is 0 Å². The first-order valence-electron chi connectivity index (χ1n) is 8.53. The Morgan fingerprint density at radius 1 is 0.750 bits per heavy atom. The van der Waals surface area contributed by atoms with E-state index in [-0.39, 0.29) is 16.5 Å². The van der Waals surface area contributed by atoms with Gasteiger partial charge in [0.15, 0.2) is 0 Å². The molecule has 2 nitrogen and oxygen atoms in total. The fraction of sp³-hybridized carbons (Fsp3) is 0.333. The molecule has 2 rings (SSSR count). The van der Waals surface area contributed by atoms with Crippen molar-refractivity contribution in [2.45, 2.75) is 46.0 Å². The van der Waals surface area contributed by atoms with Gasteiger partial charge in [0, 0.05) is 16.5 Å². The van der Waals surface area contributed by atoms with Crippen molar-refractivity contribution in [3.63, 3.8) is 0 Å². The monoisotopic (exact) mass is 364 g/mol. The quantitative estimate of drug-likeness (QED) is 0.289. The Morgan fingerprint density at radius 2 is 1.29 bits per heavy atom. The van der Waals surface area contributed by atoms with E-state index in [1.807, 2.05) is 60.7 Å². The van der Waals surface area contributed by atoms with Gasteiger partial charge < -0.3 is 0 Å². The van der Waals surface area contributed by atoms with Crippen LogP contribution in [0.3, 0.4) is 0 Å². The molecule has 130 valence electrons. The third kappa shape index (κ3) is 7.23. The largest absolute Gasteiger partial charge is 0.252 e. The van der Waals surface area contributed by atoms with Crippen LogP contribution in [0, 0.1) is 0 Å².